The number of H-pyrrole nitrogens is 1. The maximum Gasteiger partial charge on any atom is 0.280 e. The van der Waals surface area contributed by atoms with E-state index in [1.165, 1.54) is 28.1 Å². The quantitative estimate of drug-likeness (QED) is 0.102. The molecule has 3 aliphatic rings. The zero-order chi connectivity index (χ0) is 31.8. The van der Waals surface area contributed by atoms with Gasteiger partial charge in [-0.3, -0.25) is 18.9 Å². The van der Waals surface area contributed by atoms with Gasteiger partial charge in [-0.05, 0) is 0 Å². The summed E-state index contributed by atoms with van der Waals surface area (Å²) in [6.45, 7) is -0.787. The number of hydrogen-bond acceptors (Lipinski definition) is 18. The fourth-order valence-corrected chi connectivity index (χ4v) is 6.67. The molecule has 0 aromatic carbocycles. The van der Waals surface area contributed by atoms with E-state index in [-0.39, 0.29) is 40.7 Å². The van der Waals surface area contributed by atoms with Gasteiger partial charge in [0.25, 0.3) is 5.56 Å². The first kappa shape index (κ1) is 30.4. The van der Waals surface area contributed by atoms with E-state index in [2.05, 4.69) is 29.9 Å². The lowest BCUT2D eigenvalue weighted by atomic mass is 10.1. The molecule has 10 atom stereocenters. The maximum absolute atomic E-state index is 13.8. The average Bonchev–Trinajstić information content (AvgIpc) is 3.72. The Morgan fingerprint density at radius 1 is 0.844 bits per heavy atom. The molecule has 0 spiro atoms. The van der Waals surface area contributed by atoms with Gasteiger partial charge in [-0.25, -0.2) is 19.9 Å². The van der Waals surface area contributed by atoms with Crippen LogP contribution in [-0.2, 0) is 36.7 Å². The first-order valence-electron chi connectivity index (χ1n) is 12.6. The molecule has 3 fully saturated rings. The minimum absolute atomic E-state index is 0.0349. The lowest BCUT2D eigenvalue weighted by molar-refractivity contribution is -0.0578. The third-order valence-corrected chi connectivity index (χ3v) is 8.66. The molecule has 0 saturated carbocycles. The van der Waals surface area contributed by atoms with Crippen LogP contribution in [0.2, 0.25) is 0 Å². The Kier molecular flexibility index (Phi) is 7.40. The average molecular weight is 668 g/mol. The normalized spacial score (nSPS) is 37.7. The molecule has 7 N–H and O–H groups in total. The smallest absolute Gasteiger partial charge is 0.280 e. The molecule has 25 heteroatoms. The van der Waals surface area contributed by atoms with Crippen LogP contribution in [0.15, 0.2) is 23.8 Å². The Balaban J connectivity index is 1.21. The van der Waals surface area contributed by atoms with E-state index in [1.807, 2.05) is 0 Å². The van der Waals surface area contributed by atoms with Gasteiger partial charge in [0.05, 0.1) is 41.0 Å². The van der Waals surface area contributed by atoms with Crippen molar-refractivity contribution in [1.29, 1.82) is 0 Å². The predicted octanol–water partition coefficient (Wildman–Crippen LogP) is -3.60. The molecule has 3 aliphatic heterocycles. The number of aliphatic hydroxyl groups excluding tert-OH is 2. The number of aliphatic hydroxyl groups is 2. The predicted molar refractivity (Wildman–Crippen MR) is 159 cm³/mol. The Labute approximate surface area is 253 Å². The Morgan fingerprint density at radius 3 is 2.20 bits per heavy atom. The van der Waals surface area contributed by atoms with Crippen molar-refractivity contribution in [3.05, 3.63) is 29.3 Å². The van der Waals surface area contributed by atoms with Crippen LogP contribution in [0.25, 0.3) is 22.3 Å². The van der Waals surface area contributed by atoms with Crippen molar-refractivity contribution in [2.24, 2.45) is 0 Å². The highest BCUT2D eigenvalue weighted by molar-refractivity contribution is 7.79. The summed E-state index contributed by atoms with van der Waals surface area (Å²) in [7, 11) is -9.92. The largest absolute Gasteiger partial charge is 0.387 e. The van der Waals surface area contributed by atoms with Gasteiger partial charge >= 0.3 is 0 Å². The summed E-state index contributed by atoms with van der Waals surface area (Å²) in [5.74, 6) is -0.0555. The zero-order valence-corrected chi connectivity index (χ0v) is 23.3. The second kappa shape index (κ2) is 10.9. The fourth-order valence-electron chi connectivity index (χ4n) is 5.12. The van der Waals surface area contributed by atoms with E-state index in [4.69, 9.17) is 39.0 Å². The lowest BCUT2D eigenvalue weighted by Gasteiger charge is -2.30. The number of aromatic amines is 1. The second-order valence-electron chi connectivity index (χ2n) is 9.65. The number of anilines is 2. The molecule has 0 amide bonds. The molecule has 4 aromatic rings. The molecule has 3 saturated heterocycles. The molecular weight excluding hydrogens is 640 g/mol. The summed E-state index contributed by atoms with van der Waals surface area (Å²) < 4.78 is 65.8. The van der Waals surface area contributed by atoms with Crippen molar-refractivity contribution in [2.75, 3.05) is 24.7 Å². The number of imidazole rings is 2. The van der Waals surface area contributed by atoms with Crippen LogP contribution in [0.5, 0.6) is 0 Å². The highest BCUT2D eigenvalue weighted by atomic mass is 31.2. The Hall–Kier alpha value is -3.23. The van der Waals surface area contributed by atoms with Crippen molar-refractivity contribution in [1.82, 2.24) is 39.0 Å². The standard InChI is InChI=1S/C20H28B2N10O11P2/c21-44(36)38-1-6-10(33)13(19(40-6)32-5-28-9-16(32)29-20(24)30-17(9)35)43-45(22,37)39-2-7-12(42-44)11(34)18(41-7)31-4-27-8-14(23)25-3-26-15(8)31/h3-7,10-13,18-19,33-34H,1-2H2,21-22H3,(H2,23,25,26)(H3,24,29,30,35)/q-2/t6-,7-,10+,11+,12?,13?,18-,19-,44?,45?/m1/s1. The molecule has 21 nitrogen and oxygen atoms in total. The van der Waals surface area contributed by atoms with Gasteiger partial charge in [0.2, 0.25) is 5.95 Å². The van der Waals surface area contributed by atoms with Crippen molar-refractivity contribution in [3.8, 4) is 0 Å². The molecular formula is C20H28B2N10O11P2-2. The summed E-state index contributed by atoms with van der Waals surface area (Å²) in [4.78, 5) is 35.2. The number of ether oxygens (including phenoxy) is 2. The van der Waals surface area contributed by atoms with E-state index in [9.17, 15) is 24.1 Å². The van der Waals surface area contributed by atoms with Crippen molar-refractivity contribution in [2.45, 2.75) is 49.1 Å². The first-order valence-corrected chi connectivity index (χ1v) is 14.7. The topological polar surface area (TPSA) is 289 Å². The highest BCUT2D eigenvalue weighted by Crippen LogP contribution is 2.53. The third-order valence-electron chi connectivity index (χ3n) is 7.11. The molecule has 45 heavy (non-hydrogen) atoms. The molecule has 0 aliphatic carbocycles. The number of nitrogen functional groups attached to an aromatic ring is 2. The summed E-state index contributed by atoms with van der Waals surface area (Å²) >= 11 is 0. The Bertz CT molecular complexity index is 1940. The highest BCUT2D eigenvalue weighted by Gasteiger charge is 2.51. The van der Waals surface area contributed by atoms with E-state index in [0.29, 0.717) is 0 Å². The molecule has 242 valence electrons. The van der Waals surface area contributed by atoms with Crippen molar-refractivity contribution >= 4 is 64.2 Å². The van der Waals surface area contributed by atoms with Crippen molar-refractivity contribution < 1.29 is 46.9 Å². The molecule has 0 radical (unpaired) electrons. The van der Waals surface area contributed by atoms with Gasteiger partial charge in [-0.15, -0.1) is 0 Å². The zero-order valence-electron chi connectivity index (χ0n) is 21.5. The van der Waals surface area contributed by atoms with Gasteiger partial charge < -0.3 is 58.4 Å². The van der Waals surface area contributed by atoms with Crippen LogP contribution in [0.4, 0.5) is 11.8 Å². The fraction of sp³-hybridized carbons (Fsp3) is 0.500. The monoisotopic (exact) mass is 668 g/mol. The van der Waals surface area contributed by atoms with Gasteiger partial charge in [-0.2, -0.15) is 4.98 Å². The Morgan fingerprint density at radius 2 is 1.47 bits per heavy atom. The number of nitrogens with zero attached hydrogens (tertiary/aromatic N) is 7. The number of nitrogens with one attached hydrogen (secondary N) is 1. The SMILES string of the molecule is [BH3-]P1(=O)OC[C@H]2O[C@@H](n3cnc4c(N)ncnc43)[C@@H](O)C2OP([BH3-])(=O)OC[C@H]2O[C@@H](n3cnc4c(=O)[nH]c(N)nc43)C(O1)[C@H]2O. The number of fused-ring (bicyclic) bond motifs is 5. The first-order chi connectivity index (χ1) is 21.3. The van der Waals surface area contributed by atoms with Crippen LogP contribution in [0.3, 0.4) is 0 Å². The van der Waals surface area contributed by atoms with E-state index in [0.717, 1.165) is 0 Å². The van der Waals surface area contributed by atoms with Gasteiger partial charge in [0.1, 0.15) is 63.4 Å². The van der Waals surface area contributed by atoms with E-state index in [1.54, 1.807) is 0 Å². The van der Waals surface area contributed by atoms with Crippen LogP contribution in [0.1, 0.15) is 12.5 Å². The van der Waals surface area contributed by atoms with Crippen LogP contribution >= 0.6 is 14.9 Å². The number of nitrogens with two attached hydrogens (primary N) is 2. The molecule has 2 bridgehead atoms. The lowest BCUT2D eigenvalue weighted by Crippen LogP contribution is -2.36. The maximum atomic E-state index is 13.8. The molecule has 4 aromatic heterocycles. The number of hydrogen-bond donors (Lipinski definition) is 5. The summed E-state index contributed by atoms with van der Waals surface area (Å²) in [5.41, 5.74) is 11.6. The van der Waals surface area contributed by atoms with Gasteiger partial charge in [0.15, 0.2) is 35.1 Å². The van der Waals surface area contributed by atoms with Gasteiger partial charge in [-0.1, -0.05) is 0 Å². The summed E-state index contributed by atoms with van der Waals surface area (Å²) in [6.07, 6.45) is -6.03. The van der Waals surface area contributed by atoms with Crippen molar-refractivity contribution in [3.63, 3.8) is 0 Å². The van der Waals surface area contributed by atoms with E-state index < -0.39 is 91.3 Å². The van der Waals surface area contributed by atoms with Crippen LogP contribution in [-0.4, -0.2) is 114 Å². The van der Waals surface area contributed by atoms with Crippen LogP contribution < -0.4 is 17.0 Å². The minimum Gasteiger partial charge on any atom is -0.387 e. The van der Waals surface area contributed by atoms with E-state index >= 15 is 0 Å². The second-order valence-corrected chi connectivity index (χ2v) is 11.5. The summed E-state index contributed by atoms with van der Waals surface area (Å²) in [6, 6.07) is 0. The number of rotatable bonds is 2. The summed E-state index contributed by atoms with van der Waals surface area (Å²) in [5, 5.41) is 22.6. The minimum atomic E-state index is -3.79. The molecule has 7 rings (SSSR count). The van der Waals surface area contributed by atoms with Gasteiger partial charge in [0, 0.05) is 0 Å². The molecule has 7 heterocycles. The molecule has 4 unspecified atom stereocenters. The van der Waals surface area contributed by atoms with Crippen LogP contribution in [0, 0.1) is 0 Å². The third kappa shape index (κ3) is 5.38. The number of aromatic nitrogens is 8.